The van der Waals surface area contributed by atoms with E-state index in [1.165, 1.54) is 59.7 Å². The molecule has 0 fully saturated rings. The van der Waals surface area contributed by atoms with Crippen molar-refractivity contribution in [1.29, 1.82) is 0 Å². The van der Waals surface area contributed by atoms with Crippen LogP contribution in [0.5, 0.6) is 0 Å². The molecule has 1 amide bonds. The normalized spacial score (nSPS) is 11.2. The Balaban J connectivity index is 1.57. The van der Waals surface area contributed by atoms with Gasteiger partial charge in [0.1, 0.15) is 5.82 Å². The van der Waals surface area contributed by atoms with Crippen molar-refractivity contribution in [2.75, 3.05) is 13.7 Å². The topological polar surface area (TPSA) is 92.8 Å². The largest absolute Gasteiger partial charge is 0.452 e. The van der Waals surface area contributed by atoms with Gasteiger partial charge in [0.15, 0.2) is 6.61 Å². The predicted octanol–water partition coefficient (Wildman–Crippen LogP) is 3.18. The van der Waals surface area contributed by atoms with Crippen molar-refractivity contribution in [3.05, 3.63) is 87.9 Å². The van der Waals surface area contributed by atoms with Crippen LogP contribution in [0.25, 0.3) is 0 Å². The first kappa shape index (κ1) is 23.6. The van der Waals surface area contributed by atoms with Crippen LogP contribution < -0.4 is 4.72 Å². The molecule has 32 heavy (non-hydrogen) atoms. The van der Waals surface area contributed by atoms with Crippen LogP contribution in [-0.2, 0) is 32.6 Å². The Morgan fingerprint density at radius 3 is 2.59 bits per heavy atom. The lowest BCUT2D eigenvalue weighted by molar-refractivity contribution is -0.133. The van der Waals surface area contributed by atoms with Crippen molar-refractivity contribution in [2.24, 2.45) is 0 Å². The molecule has 1 heterocycles. The van der Waals surface area contributed by atoms with Gasteiger partial charge in [-0.15, -0.1) is 11.3 Å². The molecule has 0 saturated carbocycles. The van der Waals surface area contributed by atoms with Gasteiger partial charge in [0.25, 0.3) is 5.91 Å². The second-order valence-corrected chi connectivity index (χ2v) is 9.69. The lowest BCUT2D eigenvalue weighted by Crippen LogP contribution is -2.31. The molecule has 0 radical (unpaired) electrons. The minimum Gasteiger partial charge on any atom is -0.452 e. The van der Waals surface area contributed by atoms with Gasteiger partial charge in [-0.3, -0.25) is 4.79 Å². The molecule has 0 spiro atoms. The first-order chi connectivity index (χ1) is 15.2. The number of sulfonamides is 1. The summed E-state index contributed by atoms with van der Waals surface area (Å²) in [5.41, 5.74) is 0.602. The van der Waals surface area contributed by atoms with Crippen LogP contribution in [0.4, 0.5) is 4.39 Å². The maximum Gasteiger partial charge on any atom is 0.338 e. The summed E-state index contributed by atoms with van der Waals surface area (Å²) in [7, 11) is -2.32. The van der Waals surface area contributed by atoms with Gasteiger partial charge in [-0.1, -0.05) is 24.3 Å². The van der Waals surface area contributed by atoms with Gasteiger partial charge in [0.2, 0.25) is 10.0 Å². The monoisotopic (exact) mass is 476 g/mol. The van der Waals surface area contributed by atoms with Crippen molar-refractivity contribution in [1.82, 2.24) is 9.62 Å². The molecule has 0 saturated heterocycles. The van der Waals surface area contributed by atoms with Crippen molar-refractivity contribution in [2.45, 2.75) is 18.0 Å². The highest BCUT2D eigenvalue weighted by molar-refractivity contribution is 7.89. The second kappa shape index (κ2) is 10.5. The fourth-order valence-electron chi connectivity index (χ4n) is 2.77. The van der Waals surface area contributed by atoms with E-state index in [9.17, 15) is 22.4 Å². The van der Waals surface area contributed by atoms with Crippen LogP contribution in [0, 0.1) is 5.82 Å². The third kappa shape index (κ3) is 6.46. The summed E-state index contributed by atoms with van der Waals surface area (Å²) in [5, 5.41) is 1.84. The number of ether oxygens (including phenoxy) is 1. The number of esters is 1. The molecule has 10 heteroatoms. The molecular formula is C22H21FN2O5S2. The molecule has 0 aliphatic heterocycles. The minimum absolute atomic E-state index is 0.00424. The van der Waals surface area contributed by atoms with Gasteiger partial charge < -0.3 is 9.64 Å². The van der Waals surface area contributed by atoms with E-state index in [0.29, 0.717) is 5.56 Å². The van der Waals surface area contributed by atoms with Gasteiger partial charge in [-0.25, -0.2) is 22.3 Å². The number of likely N-dealkylation sites (N-methyl/N-ethyl adjacent to an activating group) is 1. The van der Waals surface area contributed by atoms with Crippen molar-refractivity contribution in [3.63, 3.8) is 0 Å². The highest BCUT2D eigenvalue weighted by atomic mass is 32.2. The molecule has 1 N–H and O–H groups in total. The third-order valence-corrected chi connectivity index (χ3v) is 6.73. The van der Waals surface area contributed by atoms with Crippen LogP contribution in [0.1, 0.15) is 20.8 Å². The summed E-state index contributed by atoms with van der Waals surface area (Å²) in [6.45, 7) is -0.239. The number of hydrogen-bond donors (Lipinski definition) is 1. The zero-order valence-corrected chi connectivity index (χ0v) is 18.8. The number of amides is 1. The standard InChI is InChI=1S/C22H21FN2O5S2/c1-25(14-16-5-2-7-18(23)11-16)21(26)15-30-22(27)17-6-3-9-20(12-17)32(28,29)24-13-19-8-4-10-31-19/h2-12,24H,13-15H2,1H3. The molecule has 3 rings (SSSR count). The fourth-order valence-corrected chi connectivity index (χ4v) is 4.56. The first-order valence-electron chi connectivity index (χ1n) is 9.52. The molecule has 168 valence electrons. The van der Waals surface area contributed by atoms with Crippen molar-refractivity contribution < 1.29 is 27.1 Å². The molecular weight excluding hydrogens is 455 g/mol. The highest BCUT2D eigenvalue weighted by Crippen LogP contribution is 2.15. The summed E-state index contributed by atoms with van der Waals surface area (Å²) in [6.07, 6.45) is 0. The van der Waals surface area contributed by atoms with E-state index in [-0.39, 0.29) is 23.5 Å². The highest BCUT2D eigenvalue weighted by Gasteiger charge is 2.18. The van der Waals surface area contributed by atoms with E-state index in [0.717, 1.165) is 4.88 Å². The van der Waals surface area contributed by atoms with Crippen LogP contribution in [0.3, 0.4) is 0 Å². The number of carbonyl (C=O) groups excluding carboxylic acids is 2. The van der Waals surface area contributed by atoms with Gasteiger partial charge in [-0.05, 0) is 47.3 Å². The van der Waals surface area contributed by atoms with Gasteiger partial charge in [0.05, 0.1) is 10.5 Å². The van der Waals surface area contributed by atoms with E-state index in [4.69, 9.17) is 4.74 Å². The smallest absolute Gasteiger partial charge is 0.338 e. The van der Waals surface area contributed by atoms with E-state index >= 15 is 0 Å². The Morgan fingerprint density at radius 2 is 1.88 bits per heavy atom. The summed E-state index contributed by atoms with van der Waals surface area (Å²) < 4.78 is 45.8. The lowest BCUT2D eigenvalue weighted by atomic mass is 10.2. The Hall–Kier alpha value is -3.08. The average Bonchev–Trinajstić information content (AvgIpc) is 3.30. The number of carbonyl (C=O) groups is 2. The third-order valence-electron chi connectivity index (χ3n) is 4.46. The summed E-state index contributed by atoms with van der Waals surface area (Å²) >= 11 is 1.42. The fraction of sp³-hybridized carbons (Fsp3) is 0.182. The number of rotatable bonds is 9. The van der Waals surface area contributed by atoms with Gasteiger partial charge >= 0.3 is 5.97 Å². The van der Waals surface area contributed by atoms with Crippen LogP contribution in [-0.4, -0.2) is 38.8 Å². The Bertz CT molecular complexity index is 1200. The van der Waals surface area contributed by atoms with E-state index < -0.39 is 34.3 Å². The number of hydrogen-bond acceptors (Lipinski definition) is 6. The second-order valence-electron chi connectivity index (χ2n) is 6.89. The van der Waals surface area contributed by atoms with E-state index in [1.54, 1.807) is 12.1 Å². The number of thiophene rings is 1. The molecule has 2 aromatic carbocycles. The summed E-state index contributed by atoms with van der Waals surface area (Å²) in [5.74, 6) is -1.72. The molecule has 0 bridgehead atoms. The summed E-state index contributed by atoms with van der Waals surface area (Å²) in [4.78, 5) is 26.7. The van der Waals surface area contributed by atoms with Crippen molar-refractivity contribution in [3.8, 4) is 0 Å². The van der Waals surface area contributed by atoms with E-state index in [1.807, 2.05) is 17.5 Å². The zero-order chi connectivity index (χ0) is 23.1. The summed E-state index contributed by atoms with van der Waals surface area (Å²) in [6, 6.07) is 14.9. The predicted molar refractivity (Wildman–Crippen MR) is 118 cm³/mol. The Morgan fingerprint density at radius 1 is 1.09 bits per heavy atom. The molecule has 0 aliphatic carbocycles. The number of benzene rings is 2. The molecule has 7 nitrogen and oxygen atoms in total. The van der Waals surface area contributed by atoms with Crippen LogP contribution in [0.15, 0.2) is 70.9 Å². The maximum absolute atomic E-state index is 13.3. The SMILES string of the molecule is CN(Cc1cccc(F)c1)C(=O)COC(=O)c1cccc(S(=O)(=O)NCc2cccs2)c1. The molecule has 3 aromatic rings. The molecule has 1 aromatic heterocycles. The van der Waals surface area contributed by atoms with Gasteiger partial charge in [-0.2, -0.15) is 0 Å². The minimum atomic E-state index is -3.83. The van der Waals surface area contributed by atoms with Crippen LogP contribution in [0.2, 0.25) is 0 Å². The van der Waals surface area contributed by atoms with Crippen molar-refractivity contribution >= 4 is 33.2 Å². The number of halogens is 1. The van der Waals surface area contributed by atoms with E-state index in [2.05, 4.69) is 4.72 Å². The Kier molecular flexibility index (Phi) is 7.73. The lowest BCUT2D eigenvalue weighted by Gasteiger charge is -2.17. The van der Waals surface area contributed by atoms with Gasteiger partial charge in [0, 0.05) is 25.0 Å². The molecule has 0 aliphatic rings. The zero-order valence-electron chi connectivity index (χ0n) is 17.2. The number of nitrogens with one attached hydrogen (secondary N) is 1. The first-order valence-corrected chi connectivity index (χ1v) is 11.9. The quantitative estimate of drug-likeness (QED) is 0.479. The molecule has 0 atom stereocenters. The average molecular weight is 477 g/mol. The molecule has 0 unspecified atom stereocenters. The van der Waals surface area contributed by atoms with Crippen LogP contribution >= 0.6 is 11.3 Å². The Labute approximate surface area is 189 Å². The maximum atomic E-state index is 13.3. The number of nitrogens with zero attached hydrogens (tertiary/aromatic N) is 1.